The van der Waals surface area contributed by atoms with E-state index in [1.165, 1.54) is 11.3 Å². The molecular formula is C11H12N4OS. The summed E-state index contributed by atoms with van der Waals surface area (Å²) in [6.07, 6.45) is 4.49. The van der Waals surface area contributed by atoms with Crippen LogP contribution in [0.15, 0.2) is 24.5 Å². The fourth-order valence-corrected chi connectivity index (χ4v) is 1.99. The molecule has 6 heteroatoms. The number of hydrogen-bond acceptors (Lipinski definition) is 5. The van der Waals surface area contributed by atoms with Crippen molar-refractivity contribution in [2.45, 2.75) is 19.8 Å². The van der Waals surface area contributed by atoms with Gasteiger partial charge in [-0.3, -0.25) is 9.78 Å². The zero-order chi connectivity index (χ0) is 12.1. The average molecular weight is 248 g/mol. The fraction of sp³-hybridized carbons (Fsp3) is 0.273. The van der Waals surface area contributed by atoms with Crippen LogP contribution in [0.25, 0.3) is 0 Å². The van der Waals surface area contributed by atoms with Crippen LogP contribution in [0.5, 0.6) is 0 Å². The number of rotatable bonds is 4. The van der Waals surface area contributed by atoms with E-state index < -0.39 is 0 Å². The van der Waals surface area contributed by atoms with Crippen LogP contribution in [0.4, 0.5) is 5.13 Å². The average Bonchev–Trinajstić information content (AvgIpc) is 2.78. The van der Waals surface area contributed by atoms with Crippen molar-refractivity contribution in [1.82, 2.24) is 15.2 Å². The highest BCUT2D eigenvalue weighted by Crippen LogP contribution is 2.15. The molecule has 88 valence electrons. The SMILES string of the molecule is CCc1nnc(NC(=O)Cc2cccnc2)s1. The molecule has 1 amide bonds. The summed E-state index contributed by atoms with van der Waals surface area (Å²) in [6.45, 7) is 2.00. The summed E-state index contributed by atoms with van der Waals surface area (Å²) in [7, 11) is 0. The van der Waals surface area contributed by atoms with Crippen molar-refractivity contribution in [3.63, 3.8) is 0 Å². The number of amides is 1. The smallest absolute Gasteiger partial charge is 0.230 e. The molecule has 0 fully saturated rings. The summed E-state index contributed by atoms with van der Waals surface area (Å²) in [5.74, 6) is -0.100. The highest BCUT2D eigenvalue weighted by Gasteiger charge is 2.07. The minimum atomic E-state index is -0.100. The molecule has 1 N–H and O–H groups in total. The molecule has 0 aliphatic heterocycles. The van der Waals surface area contributed by atoms with Gasteiger partial charge in [0.1, 0.15) is 5.01 Å². The van der Waals surface area contributed by atoms with E-state index in [9.17, 15) is 4.79 Å². The molecule has 0 bridgehead atoms. The number of aryl methyl sites for hydroxylation is 1. The first-order chi connectivity index (χ1) is 8.28. The van der Waals surface area contributed by atoms with Gasteiger partial charge < -0.3 is 5.32 Å². The van der Waals surface area contributed by atoms with Gasteiger partial charge in [0, 0.05) is 12.4 Å². The van der Waals surface area contributed by atoms with Crippen molar-refractivity contribution >= 4 is 22.4 Å². The Morgan fingerprint density at radius 1 is 1.47 bits per heavy atom. The zero-order valence-corrected chi connectivity index (χ0v) is 10.2. The molecule has 2 aromatic rings. The molecule has 0 aromatic carbocycles. The lowest BCUT2D eigenvalue weighted by atomic mass is 10.2. The summed E-state index contributed by atoms with van der Waals surface area (Å²) >= 11 is 1.40. The van der Waals surface area contributed by atoms with Gasteiger partial charge in [-0.25, -0.2) is 0 Å². The third-order valence-corrected chi connectivity index (χ3v) is 3.09. The molecule has 0 spiro atoms. The van der Waals surface area contributed by atoms with Crippen LogP contribution in [0.3, 0.4) is 0 Å². The van der Waals surface area contributed by atoms with E-state index in [1.54, 1.807) is 12.4 Å². The molecule has 0 saturated carbocycles. The third kappa shape index (κ3) is 3.32. The van der Waals surface area contributed by atoms with Crippen molar-refractivity contribution in [3.05, 3.63) is 35.1 Å². The van der Waals surface area contributed by atoms with Crippen LogP contribution in [0.1, 0.15) is 17.5 Å². The predicted molar refractivity (Wildman–Crippen MR) is 65.9 cm³/mol. The molecule has 0 radical (unpaired) electrons. The fourth-order valence-electron chi connectivity index (χ4n) is 1.30. The number of carbonyl (C=O) groups is 1. The van der Waals surface area contributed by atoms with E-state index in [0.29, 0.717) is 11.6 Å². The second-order valence-corrected chi connectivity index (χ2v) is 4.50. The van der Waals surface area contributed by atoms with E-state index in [1.807, 2.05) is 19.1 Å². The lowest BCUT2D eigenvalue weighted by Crippen LogP contribution is -2.14. The molecule has 0 atom stereocenters. The van der Waals surface area contributed by atoms with E-state index >= 15 is 0 Å². The van der Waals surface area contributed by atoms with Crippen LogP contribution in [0, 0.1) is 0 Å². The number of nitrogens with one attached hydrogen (secondary N) is 1. The minimum Gasteiger partial charge on any atom is -0.300 e. The van der Waals surface area contributed by atoms with Gasteiger partial charge in [0.2, 0.25) is 11.0 Å². The highest BCUT2D eigenvalue weighted by molar-refractivity contribution is 7.15. The van der Waals surface area contributed by atoms with E-state index in [2.05, 4.69) is 20.5 Å². The second-order valence-electron chi connectivity index (χ2n) is 3.44. The standard InChI is InChI=1S/C11H12N4OS/c1-2-10-14-15-11(17-10)13-9(16)6-8-4-3-5-12-7-8/h3-5,7H,2,6H2,1H3,(H,13,15,16). The number of nitrogens with zero attached hydrogens (tertiary/aromatic N) is 3. The molecule has 0 aliphatic carbocycles. The Morgan fingerprint density at radius 3 is 3.00 bits per heavy atom. The summed E-state index contributed by atoms with van der Waals surface area (Å²) in [6, 6.07) is 3.67. The Labute approximate surface area is 103 Å². The van der Waals surface area contributed by atoms with Crippen molar-refractivity contribution in [3.8, 4) is 0 Å². The molecule has 2 aromatic heterocycles. The second kappa shape index (κ2) is 5.49. The molecule has 5 nitrogen and oxygen atoms in total. The Kier molecular flexibility index (Phi) is 3.77. The summed E-state index contributed by atoms with van der Waals surface area (Å²) in [4.78, 5) is 15.6. The topological polar surface area (TPSA) is 67.8 Å². The lowest BCUT2D eigenvalue weighted by molar-refractivity contribution is -0.115. The third-order valence-electron chi connectivity index (χ3n) is 2.10. The van der Waals surface area contributed by atoms with Crippen molar-refractivity contribution in [2.75, 3.05) is 5.32 Å². The summed E-state index contributed by atoms with van der Waals surface area (Å²) in [5.41, 5.74) is 0.880. The maximum Gasteiger partial charge on any atom is 0.230 e. The monoisotopic (exact) mass is 248 g/mol. The molecule has 0 unspecified atom stereocenters. The lowest BCUT2D eigenvalue weighted by Gasteiger charge is -2.00. The van der Waals surface area contributed by atoms with Crippen LogP contribution in [-0.4, -0.2) is 21.1 Å². The van der Waals surface area contributed by atoms with Gasteiger partial charge in [-0.05, 0) is 18.1 Å². The van der Waals surface area contributed by atoms with Crippen molar-refractivity contribution in [2.24, 2.45) is 0 Å². The largest absolute Gasteiger partial charge is 0.300 e. The Hall–Kier alpha value is -1.82. The molecule has 2 rings (SSSR count). The zero-order valence-electron chi connectivity index (χ0n) is 9.38. The normalized spacial score (nSPS) is 10.2. The van der Waals surface area contributed by atoms with Gasteiger partial charge in [0.05, 0.1) is 6.42 Å². The Morgan fingerprint density at radius 2 is 2.35 bits per heavy atom. The number of aromatic nitrogens is 3. The van der Waals surface area contributed by atoms with Crippen LogP contribution in [0.2, 0.25) is 0 Å². The van der Waals surface area contributed by atoms with Gasteiger partial charge in [0.15, 0.2) is 0 Å². The molecule has 2 heterocycles. The molecule has 0 saturated heterocycles. The van der Waals surface area contributed by atoms with Gasteiger partial charge in [-0.2, -0.15) is 0 Å². The van der Waals surface area contributed by atoms with Gasteiger partial charge in [-0.15, -0.1) is 10.2 Å². The van der Waals surface area contributed by atoms with Gasteiger partial charge in [-0.1, -0.05) is 24.3 Å². The maximum absolute atomic E-state index is 11.7. The first-order valence-electron chi connectivity index (χ1n) is 5.29. The van der Waals surface area contributed by atoms with E-state index in [-0.39, 0.29) is 5.91 Å². The van der Waals surface area contributed by atoms with Crippen molar-refractivity contribution < 1.29 is 4.79 Å². The van der Waals surface area contributed by atoms with Crippen molar-refractivity contribution in [1.29, 1.82) is 0 Å². The van der Waals surface area contributed by atoms with Gasteiger partial charge >= 0.3 is 0 Å². The van der Waals surface area contributed by atoms with E-state index in [4.69, 9.17) is 0 Å². The molecular weight excluding hydrogens is 236 g/mol. The minimum absolute atomic E-state index is 0.100. The first kappa shape index (κ1) is 11.7. The number of pyridine rings is 1. The number of carbonyl (C=O) groups excluding carboxylic acids is 1. The van der Waals surface area contributed by atoms with Crippen LogP contribution in [-0.2, 0) is 17.6 Å². The summed E-state index contributed by atoms with van der Waals surface area (Å²) < 4.78 is 0. The molecule has 0 aliphatic rings. The quantitative estimate of drug-likeness (QED) is 0.893. The first-order valence-corrected chi connectivity index (χ1v) is 6.10. The van der Waals surface area contributed by atoms with E-state index in [0.717, 1.165) is 17.0 Å². The van der Waals surface area contributed by atoms with Crippen LogP contribution < -0.4 is 5.32 Å². The summed E-state index contributed by atoms with van der Waals surface area (Å²) in [5, 5.41) is 12.0. The van der Waals surface area contributed by atoms with Crippen LogP contribution >= 0.6 is 11.3 Å². The Balaban J connectivity index is 1.93. The Bertz CT molecular complexity index is 497. The number of anilines is 1. The maximum atomic E-state index is 11.7. The highest BCUT2D eigenvalue weighted by atomic mass is 32.1. The number of hydrogen-bond donors (Lipinski definition) is 1. The molecule has 17 heavy (non-hydrogen) atoms. The van der Waals surface area contributed by atoms with Gasteiger partial charge in [0.25, 0.3) is 0 Å². The predicted octanol–water partition coefficient (Wildman–Crippen LogP) is 1.68.